The lowest BCUT2D eigenvalue weighted by Crippen LogP contribution is -2.53. The molecule has 0 bridgehead atoms. The summed E-state index contributed by atoms with van der Waals surface area (Å²) in [5.74, 6) is 0.647. The van der Waals surface area contributed by atoms with Crippen molar-refractivity contribution in [1.29, 1.82) is 0 Å². The quantitative estimate of drug-likeness (QED) is 0.465. The minimum absolute atomic E-state index is 0.0305. The molecule has 3 aromatic rings. The van der Waals surface area contributed by atoms with Gasteiger partial charge in [-0.1, -0.05) is 54.9 Å². The number of benzene rings is 2. The SMILES string of the molecule is CCC(C)N(CC(=O)N1CCN(c2ccc(-c3ccccc3Cl)nn2)CC1)C(=O)c1ccccc1C. The maximum atomic E-state index is 13.3. The Labute approximate surface area is 217 Å². The number of aryl methyl sites for hydroxylation is 1. The van der Waals surface area contributed by atoms with Crippen molar-refractivity contribution in [3.63, 3.8) is 0 Å². The van der Waals surface area contributed by atoms with Gasteiger partial charge in [0.1, 0.15) is 6.54 Å². The molecule has 0 saturated carbocycles. The summed E-state index contributed by atoms with van der Waals surface area (Å²) in [6.45, 7) is 8.47. The van der Waals surface area contributed by atoms with E-state index in [9.17, 15) is 9.59 Å². The third kappa shape index (κ3) is 5.68. The number of hydrogen-bond acceptors (Lipinski definition) is 5. The Morgan fingerprint density at radius 1 is 0.972 bits per heavy atom. The number of nitrogens with zero attached hydrogens (tertiary/aromatic N) is 5. The molecule has 1 unspecified atom stereocenters. The predicted molar refractivity (Wildman–Crippen MR) is 143 cm³/mol. The molecule has 2 aromatic carbocycles. The average Bonchev–Trinajstić information content (AvgIpc) is 2.91. The van der Waals surface area contributed by atoms with Crippen LogP contribution in [0.2, 0.25) is 5.02 Å². The van der Waals surface area contributed by atoms with Gasteiger partial charge >= 0.3 is 0 Å². The third-order valence-electron chi connectivity index (χ3n) is 6.82. The van der Waals surface area contributed by atoms with E-state index < -0.39 is 0 Å². The van der Waals surface area contributed by atoms with E-state index in [-0.39, 0.29) is 24.4 Å². The van der Waals surface area contributed by atoms with Gasteiger partial charge in [0.05, 0.1) is 10.7 Å². The van der Waals surface area contributed by atoms with E-state index in [2.05, 4.69) is 15.1 Å². The highest BCUT2D eigenvalue weighted by atomic mass is 35.5. The number of carbonyl (C=O) groups excluding carboxylic acids is 2. The van der Waals surface area contributed by atoms with Crippen molar-refractivity contribution in [2.75, 3.05) is 37.6 Å². The lowest BCUT2D eigenvalue weighted by Gasteiger charge is -2.37. The van der Waals surface area contributed by atoms with Gasteiger partial charge in [0.15, 0.2) is 5.82 Å². The van der Waals surface area contributed by atoms with Crippen molar-refractivity contribution in [1.82, 2.24) is 20.0 Å². The molecule has 2 heterocycles. The first-order valence-corrected chi connectivity index (χ1v) is 12.7. The van der Waals surface area contributed by atoms with Crippen LogP contribution in [0.3, 0.4) is 0 Å². The van der Waals surface area contributed by atoms with Crippen LogP contribution in [0.15, 0.2) is 60.7 Å². The normalized spacial score (nSPS) is 14.4. The van der Waals surface area contributed by atoms with Crippen molar-refractivity contribution in [2.45, 2.75) is 33.2 Å². The van der Waals surface area contributed by atoms with Crippen LogP contribution in [0.5, 0.6) is 0 Å². The zero-order valence-corrected chi connectivity index (χ0v) is 21.8. The number of anilines is 1. The van der Waals surface area contributed by atoms with Gasteiger partial charge in [0.2, 0.25) is 5.91 Å². The van der Waals surface area contributed by atoms with Crippen LogP contribution in [-0.4, -0.2) is 70.6 Å². The molecule has 0 radical (unpaired) electrons. The van der Waals surface area contributed by atoms with Crippen LogP contribution in [0.1, 0.15) is 36.2 Å². The van der Waals surface area contributed by atoms with Crippen LogP contribution >= 0.6 is 11.6 Å². The van der Waals surface area contributed by atoms with Gasteiger partial charge in [-0.05, 0) is 50.1 Å². The summed E-state index contributed by atoms with van der Waals surface area (Å²) in [5, 5.41) is 9.40. The summed E-state index contributed by atoms with van der Waals surface area (Å²) in [6, 6.07) is 18.9. The summed E-state index contributed by atoms with van der Waals surface area (Å²) in [6.07, 6.45) is 0.779. The first-order chi connectivity index (χ1) is 17.4. The fourth-order valence-corrected chi connectivity index (χ4v) is 4.59. The van der Waals surface area contributed by atoms with Crippen molar-refractivity contribution in [3.8, 4) is 11.3 Å². The molecule has 0 N–H and O–H groups in total. The second kappa shape index (κ2) is 11.5. The van der Waals surface area contributed by atoms with Crippen molar-refractivity contribution in [3.05, 3.63) is 76.8 Å². The third-order valence-corrected chi connectivity index (χ3v) is 7.15. The molecule has 36 heavy (non-hydrogen) atoms. The zero-order valence-electron chi connectivity index (χ0n) is 21.0. The molecule has 0 aliphatic carbocycles. The highest BCUT2D eigenvalue weighted by molar-refractivity contribution is 6.33. The molecule has 1 fully saturated rings. The van der Waals surface area contributed by atoms with Gasteiger partial charge in [0, 0.05) is 43.3 Å². The molecule has 4 rings (SSSR count). The van der Waals surface area contributed by atoms with E-state index in [1.807, 2.05) is 86.3 Å². The van der Waals surface area contributed by atoms with Crippen LogP contribution < -0.4 is 4.90 Å². The molecule has 0 spiro atoms. The van der Waals surface area contributed by atoms with Gasteiger partial charge in [0.25, 0.3) is 5.91 Å². The molecular formula is C28H32ClN5O2. The number of hydrogen-bond donors (Lipinski definition) is 0. The van der Waals surface area contributed by atoms with E-state index >= 15 is 0 Å². The smallest absolute Gasteiger partial charge is 0.254 e. The van der Waals surface area contributed by atoms with E-state index in [0.29, 0.717) is 36.8 Å². The largest absolute Gasteiger partial charge is 0.352 e. The fourth-order valence-electron chi connectivity index (χ4n) is 4.35. The summed E-state index contributed by atoms with van der Waals surface area (Å²) >= 11 is 6.28. The molecule has 1 atom stereocenters. The highest BCUT2D eigenvalue weighted by Crippen LogP contribution is 2.26. The van der Waals surface area contributed by atoms with Gasteiger partial charge in [-0.3, -0.25) is 9.59 Å². The Morgan fingerprint density at radius 3 is 2.31 bits per heavy atom. The number of rotatable bonds is 7. The van der Waals surface area contributed by atoms with Gasteiger partial charge in [-0.2, -0.15) is 0 Å². The maximum absolute atomic E-state index is 13.3. The summed E-state index contributed by atoms with van der Waals surface area (Å²) in [4.78, 5) is 32.2. The van der Waals surface area contributed by atoms with E-state index in [4.69, 9.17) is 11.6 Å². The van der Waals surface area contributed by atoms with Crippen LogP contribution in [0.4, 0.5) is 5.82 Å². The minimum atomic E-state index is -0.0941. The lowest BCUT2D eigenvalue weighted by atomic mass is 10.1. The molecule has 7 nitrogen and oxygen atoms in total. The molecular weight excluding hydrogens is 474 g/mol. The van der Waals surface area contributed by atoms with E-state index in [0.717, 1.165) is 29.1 Å². The first-order valence-electron chi connectivity index (χ1n) is 12.4. The van der Waals surface area contributed by atoms with E-state index in [1.165, 1.54) is 0 Å². The van der Waals surface area contributed by atoms with Crippen LogP contribution in [-0.2, 0) is 4.79 Å². The lowest BCUT2D eigenvalue weighted by molar-refractivity contribution is -0.132. The average molecular weight is 506 g/mol. The monoisotopic (exact) mass is 505 g/mol. The number of aromatic nitrogens is 2. The molecule has 1 aliphatic rings. The Hall–Kier alpha value is -3.45. The van der Waals surface area contributed by atoms with Crippen molar-refractivity contribution >= 4 is 29.2 Å². The molecule has 1 aromatic heterocycles. The summed E-state index contributed by atoms with van der Waals surface area (Å²) < 4.78 is 0. The summed E-state index contributed by atoms with van der Waals surface area (Å²) in [5.41, 5.74) is 3.13. The van der Waals surface area contributed by atoms with Crippen LogP contribution in [0.25, 0.3) is 11.3 Å². The second-order valence-electron chi connectivity index (χ2n) is 9.13. The molecule has 8 heteroatoms. The zero-order chi connectivity index (χ0) is 25.7. The number of amides is 2. The van der Waals surface area contributed by atoms with Gasteiger partial charge in [-0.15, -0.1) is 10.2 Å². The maximum Gasteiger partial charge on any atom is 0.254 e. The fraction of sp³-hybridized carbons (Fsp3) is 0.357. The number of piperazine rings is 1. The van der Waals surface area contributed by atoms with Crippen LogP contribution in [0, 0.1) is 6.92 Å². The first kappa shape index (κ1) is 25.6. The molecule has 2 amide bonds. The highest BCUT2D eigenvalue weighted by Gasteiger charge is 2.28. The second-order valence-corrected chi connectivity index (χ2v) is 9.54. The molecule has 1 saturated heterocycles. The standard InChI is InChI=1S/C28H32ClN5O2/c1-4-21(3)34(28(36)22-10-6-5-9-20(22)2)19-27(35)33-17-15-32(16-18-33)26-14-13-25(30-31-26)23-11-7-8-12-24(23)29/h5-14,21H,4,15-19H2,1-3H3. The summed E-state index contributed by atoms with van der Waals surface area (Å²) in [7, 11) is 0. The van der Waals surface area contributed by atoms with Crippen molar-refractivity contribution in [2.24, 2.45) is 0 Å². The van der Waals surface area contributed by atoms with E-state index in [1.54, 1.807) is 4.90 Å². The Balaban J connectivity index is 1.38. The molecule has 188 valence electrons. The number of carbonyl (C=O) groups is 2. The predicted octanol–water partition coefficient (Wildman–Crippen LogP) is 4.69. The van der Waals surface area contributed by atoms with Gasteiger partial charge in [-0.25, -0.2) is 0 Å². The minimum Gasteiger partial charge on any atom is -0.352 e. The number of halogens is 1. The van der Waals surface area contributed by atoms with Gasteiger partial charge < -0.3 is 14.7 Å². The molecule has 1 aliphatic heterocycles. The Morgan fingerprint density at radius 2 is 1.67 bits per heavy atom. The Kier molecular flexibility index (Phi) is 8.21. The Bertz CT molecular complexity index is 1210. The van der Waals surface area contributed by atoms with Crippen molar-refractivity contribution < 1.29 is 9.59 Å². The topological polar surface area (TPSA) is 69.6 Å².